The largest absolute Gasteiger partial charge is 0.390 e. The molecule has 0 saturated heterocycles. The minimum atomic E-state index is -4.02. The summed E-state index contributed by atoms with van der Waals surface area (Å²) in [6, 6.07) is 0. The van der Waals surface area contributed by atoms with Gasteiger partial charge in [-0.25, -0.2) is 0 Å². The summed E-state index contributed by atoms with van der Waals surface area (Å²) in [6.45, 7) is 3.73. The van der Waals surface area contributed by atoms with Gasteiger partial charge < -0.3 is 0 Å². The lowest BCUT2D eigenvalue weighted by Gasteiger charge is -2.26. The number of halogens is 4. The lowest BCUT2D eigenvalue weighted by Crippen LogP contribution is -2.27. The molecule has 0 N–H and O–H groups in total. The van der Waals surface area contributed by atoms with E-state index in [9.17, 15) is 13.2 Å². The molecule has 0 fully saturated rings. The van der Waals surface area contributed by atoms with Crippen LogP contribution in [0, 0.1) is 0 Å². The molecule has 0 amide bonds. The van der Waals surface area contributed by atoms with E-state index in [0.717, 1.165) is 6.42 Å². The quantitative estimate of drug-likeness (QED) is 0.535. The van der Waals surface area contributed by atoms with Crippen LogP contribution in [0.4, 0.5) is 13.2 Å². The second-order valence-electron chi connectivity index (χ2n) is 3.05. The highest BCUT2D eigenvalue weighted by molar-refractivity contribution is 14.1. The van der Waals surface area contributed by atoms with Crippen molar-refractivity contribution in [2.24, 2.45) is 0 Å². The highest BCUT2D eigenvalue weighted by atomic mass is 127. The van der Waals surface area contributed by atoms with Crippen LogP contribution >= 0.6 is 22.6 Å². The molecule has 12 heavy (non-hydrogen) atoms. The average Bonchev–Trinajstić information content (AvgIpc) is 1.84. The standard InChI is InChI=1S/C8H14F3I/c1-3-5-7(12,4-2)6-8(9,10)11/h3-6H2,1-2H3. The summed E-state index contributed by atoms with van der Waals surface area (Å²) in [5.41, 5.74) is 0. The second kappa shape index (κ2) is 4.67. The lowest BCUT2D eigenvalue weighted by atomic mass is 9.97. The summed E-state index contributed by atoms with van der Waals surface area (Å²) in [7, 11) is 0. The number of hydrogen-bond donors (Lipinski definition) is 0. The first-order chi connectivity index (χ1) is 5.33. The Hall–Kier alpha value is 0.520. The van der Waals surface area contributed by atoms with E-state index in [1.807, 2.05) is 36.4 Å². The molecule has 74 valence electrons. The summed E-state index contributed by atoms with van der Waals surface area (Å²) in [6.07, 6.45) is -2.64. The molecule has 0 spiro atoms. The summed E-state index contributed by atoms with van der Waals surface area (Å²) >= 11 is 1.94. The minimum absolute atomic E-state index is 0.579. The summed E-state index contributed by atoms with van der Waals surface area (Å²) in [5, 5.41) is 0. The van der Waals surface area contributed by atoms with Crippen molar-refractivity contribution < 1.29 is 13.2 Å². The molecule has 0 aliphatic carbocycles. The molecular weight excluding hydrogens is 280 g/mol. The van der Waals surface area contributed by atoms with E-state index in [0.29, 0.717) is 12.8 Å². The van der Waals surface area contributed by atoms with E-state index in [-0.39, 0.29) is 0 Å². The van der Waals surface area contributed by atoms with Crippen LogP contribution in [-0.2, 0) is 0 Å². The van der Waals surface area contributed by atoms with E-state index in [2.05, 4.69) is 0 Å². The van der Waals surface area contributed by atoms with Crippen LogP contribution in [-0.4, -0.2) is 9.60 Å². The van der Waals surface area contributed by atoms with Crippen molar-refractivity contribution in [2.75, 3.05) is 0 Å². The van der Waals surface area contributed by atoms with Crippen LogP contribution in [0.15, 0.2) is 0 Å². The van der Waals surface area contributed by atoms with Crippen molar-refractivity contribution in [1.29, 1.82) is 0 Å². The Morgan fingerprint density at radius 2 is 1.67 bits per heavy atom. The molecule has 1 atom stereocenters. The third-order valence-corrected chi connectivity index (χ3v) is 3.53. The third kappa shape index (κ3) is 5.22. The van der Waals surface area contributed by atoms with E-state index in [1.54, 1.807) is 0 Å². The lowest BCUT2D eigenvalue weighted by molar-refractivity contribution is -0.140. The Bertz CT molecular complexity index is 133. The van der Waals surface area contributed by atoms with Crippen molar-refractivity contribution >= 4 is 22.6 Å². The van der Waals surface area contributed by atoms with Crippen LogP contribution < -0.4 is 0 Å². The SMILES string of the molecule is CCCC(I)(CC)CC(F)(F)F. The average molecular weight is 294 g/mol. The first-order valence-electron chi connectivity index (χ1n) is 4.08. The van der Waals surface area contributed by atoms with Gasteiger partial charge in [-0.3, -0.25) is 0 Å². The monoisotopic (exact) mass is 294 g/mol. The zero-order valence-electron chi connectivity index (χ0n) is 7.34. The molecule has 0 aliphatic heterocycles. The summed E-state index contributed by atoms with van der Waals surface area (Å²) < 4.78 is 35.6. The first-order valence-corrected chi connectivity index (χ1v) is 5.16. The maximum absolute atomic E-state index is 12.1. The fourth-order valence-electron chi connectivity index (χ4n) is 1.20. The van der Waals surface area contributed by atoms with Gasteiger partial charge in [0.25, 0.3) is 0 Å². The highest BCUT2D eigenvalue weighted by Crippen LogP contribution is 2.39. The molecule has 0 aromatic rings. The van der Waals surface area contributed by atoms with Gasteiger partial charge in [0, 0.05) is 3.42 Å². The number of rotatable bonds is 4. The van der Waals surface area contributed by atoms with Crippen LogP contribution in [0.25, 0.3) is 0 Å². The molecule has 0 saturated carbocycles. The fourth-order valence-corrected chi connectivity index (χ4v) is 2.17. The van der Waals surface area contributed by atoms with Crippen molar-refractivity contribution in [1.82, 2.24) is 0 Å². The van der Waals surface area contributed by atoms with Gasteiger partial charge in [-0.2, -0.15) is 13.2 Å². The molecule has 0 bridgehead atoms. The summed E-state index contributed by atoms with van der Waals surface area (Å²) in [4.78, 5) is 0. The molecule has 0 radical (unpaired) electrons. The Morgan fingerprint density at radius 3 is 1.92 bits per heavy atom. The van der Waals surface area contributed by atoms with Gasteiger partial charge in [0.1, 0.15) is 0 Å². The normalized spacial score (nSPS) is 17.5. The molecular formula is C8H14F3I. The molecule has 0 aromatic carbocycles. The van der Waals surface area contributed by atoms with E-state index < -0.39 is 16.0 Å². The van der Waals surface area contributed by atoms with Gasteiger partial charge in [-0.15, -0.1) is 0 Å². The Morgan fingerprint density at radius 1 is 1.17 bits per heavy atom. The molecule has 0 aromatic heterocycles. The summed E-state index contributed by atoms with van der Waals surface area (Å²) in [5.74, 6) is 0. The van der Waals surface area contributed by atoms with Crippen molar-refractivity contribution in [3.05, 3.63) is 0 Å². The van der Waals surface area contributed by atoms with Crippen LogP contribution in [0.1, 0.15) is 39.5 Å². The molecule has 0 rings (SSSR count). The molecule has 0 nitrogen and oxygen atoms in total. The Kier molecular flexibility index (Phi) is 4.87. The highest BCUT2D eigenvalue weighted by Gasteiger charge is 2.38. The van der Waals surface area contributed by atoms with Gasteiger partial charge in [-0.05, 0) is 12.8 Å². The number of hydrogen-bond acceptors (Lipinski definition) is 0. The predicted octanol–water partition coefficient (Wildman–Crippen LogP) is 4.32. The Labute approximate surface area is 85.1 Å². The van der Waals surface area contributed by atoms with Crippen molar-refractivity contribution in [3.8, 4) is 0 Å². The first kappa shape index (κ1) is 12.5. The van der Waals surface area contributed by atoms with Gasteiger partial charge in [-0.1, -0.05) is 42.9 Å². The van der Waals surface area contributed by atoms with Crippen LogP contribution in [0.3, 0.4) is 0 Å². The van der Waals surface area contributed by atoms with Gasteiger partial charge in [0.2, 0.25) is 0 Å². The third-order valence-electron chi connectivity index (χ3n) is 1.85. The maximum Gasteiger partial charge on any atom is 0.390 e. The van der Waals surface area contributed by atoms with Crippen LogP contribution in [0.5, 0.6) is 0 Å². The topological polar surface area (TPSA) is 0 Å². The fraction of sp³-hybridized carbons (Fsp3) is 1.00. The van der Waals surface area contributed by atoms with Gasteiger partial charge >= 0.3 is 6.18 Å². The van der Waals surface area contributed by atoms with Crippen molar-refractivity contribution in [3.63, 3.8) is 0 Å². The van der Waals surface area contributed by atoms with E-state index in [1.165, 1.54) is 0 Å². The van der Waals surface area contributed by atoms with E-state index >= 15 is 0 Å². The molecule has 4 heteroatoms. The molecule has 0 aliphatic rings. The van der Waals surface area contributed by atoms with Gasteiger partial charge in [0.15, 0.2) is 0 Å². The van der Waals surface area contributed by atoms with Gasteiger partial charge in [0.05, 0.1) is 6.42 Å². The molecule has 0 heterocycles. The number of alkyl halides is 4. The van der Waals surface area contributed by atoms with Crippen LogP contribution in [0.2, 0.25) is 0 Å². The maximum atomic E-state index is 12.1. The van der Waals surface area contributed by atoms with E-state index in [4.69, 9.17) is 0 Å². The predicted molar refractivity (Wildman–Crippen MR) is 52.6 cm³/mol. The molecule has 1 unspecified atom stereocenters. The second-order valence-corrected chi connectivity index (χ2v) is 5.33. The Balaban J connectivity index is 4.14. The smallest absolute Gasteiger partial charge is 0.171 e. The zero-order chi connectivity index (χ0) is 9.83. The van der Waals surface area contributed by atoms with Crippen molar-refractivity contribution in [2.45, 2.75) is 49.1 Å². The minimum Gasteiger partial charge on any atom is -0.171 e. The zero-order valence-corrected chi connectivity index (χ0v) is 9.50.